The zero-order valence-electron chi connectivity index (χ0n) is 11.6. The molecule has 0 amide bonds. The number of phenols is 1. The Morgan fingerprint density at radius 2 is 1.90 bits per heavy atom. The zero-order valence-corrected chi connectivity index (χ0v) is 12.4. The lowest BCUT2D eigenvalue weighted by Crippen LogP contribution is -2.34. The Balaban J connectivity index is 0.00000191. The first kappa shape index (κ1) is 19.0. The van der Waals surface area contributed by atoms with Crippen molar-refractivity contribution in [3.63, 3.8) is 0 Å². The molecule has 21 heavy (non-hydrogen) atoms. The number of esters is 2. The minimum atomic E-state index is -0.990. The first-order chi connectivity index (χ1) is 9.91. The van der Waals surface area contributed by atoms with Gasteiger partial charge in [-0.3, -0.25) is 0 Å². The van der Waals surface area contributed by atoms with E-state index in [-0.39, 0.29) is 29.1 Å². The number of hydrogen-bond acceptors (Lipinski definition) is 7. The van der Waals surface area contributed by atoms with Crippen LogP contribution in [0.1, 0.15) is 23.2 Å². The monoisotopic (exact) mass is 313 g/mol. The largest absolute Gasteiger partial charge is 0.507 e. The molecule has 0 radical (unpaired) electrons. The Morgan fingerprint density at radius 3 is 2.43 bits per heavy atom. The molecule has 0 aliphatic heterocycles. The average Bonchev–Trinajstić information content (AvgIpc) is 2.47. The van der Waals surface area contributed by atoms with Gasteiger partial charge in [0.25, 0.3) is 0 Å². The summed E-state index contributed by atoms with van der Waals surface area (Å²) in [5.74, 6) is -2.10. The molecule has 116 valence electrons. The number of phenolic OH excluding ortho intramolecular Hbond substituents is 1. The van der Waals surface area contributed by atoms with E-state index in [1.54, 1.807) is 6.07 Å². The number of carbonyl (C=O) groups excluding carboxylic acids is 2. The highest BCUT2D eigenvalue weighted by atomic mass is 32.1. The second-order valence-electron chi connectivity index (χ2n) is 3.84. The number of thiocarbonyl (C=S) groups is 1. The molecule has 0 saturated carbocycles. The van der Waals surface area contributed by atoms with E-state index in [0.29, 0.717) is 0 Å². The lowest BCUT2D eigenvalue weighted by molar-refractivity contribution is -0.139. The molecule has 1 unspecified atom stereocenters. The van der Waals surface area contributed by atoms with Crippen molar-refractivity contribution >= 4 is 29.1 Å². The van der Waals surface area contributed by atoms with E-state index in [4.69, 9.17) is 11.5 Å². The van der Waals surface area contributed by atoms with Gasteiger partial charge in [0.2, 0.25) is 0 Å². The molecule has 0 spiro atoms. The van der Waals surface area contributed by atoms with Gasteiger partial charge in [-0.1, -0.05) is 24.4 Å². The molecule has 8 heteroatoms. The van der Waals surface area contributed by atoms with E-state index in [1.165, 1.54) is 25.2 Å². The van der Waals surface area contributed by atoms with Crippen LogP contribution < -0.4 is 17.2 Å². The predicted octanol–water partition coefficient (Wildman–Crippen LogP) is 0.0441. The summed E-state index contributed by atoms with van der Waals surface area (Å²) in [4.78, 5) is 23.4. The van der Waals surface area contributed by atoms with Crippen molar-refractivity contribution in [1.29, 1.82) is 0 Å². The van der Waals surface area contributed by atoms with Crippen LogP contribution in [0.2, 0.25) is 0 Å². The summed E-state index contributed by atoms with van der Waals surface area (Å²) in [6, 6.07) is 4.74. The Kier molecular flexibility index (Phi) is 8.86. The van der Waals surface area contributed by atoms with Gasteiger partial charge in [-0.05, 0) is 32.0 Å². The highest BCUT2D eigenvalue weighted by molar-refractivity contribution is 7.80. The molecule has 0 bridgehead atoms. The van der Waals surface area contributed by atoms with Crippen LogP contribution in [0.3, 0.4) is 0 Å². The summed E-state index contributed by atoms with van der Waals surface area (Å²) in [6.45, 7) is 0. The minimum absolute atomic E-state index is 0.0996. The van der Waals surface area contributed by atoms with Gasteiger partial charge in [0.15, 0.2) is 0 Å². The summed E-state index contributed by atoms with van der Waals surface area (Å²) in [7, 11) is 1.50. The van der Waals surface area contributed by atoms with Gasteiger partial charge in [-0.25, -0.2) is 9.59 Å². The van der Waals surface area contributed by atoms with Crippen LogP contribution in [-0.4, -0.2) is 35.1 Å². The summed E-state index contributed by atoms with van der Waals surface area (Å²) < 4.78 is 4.56. The first-order valence-electron chi connectivity index (χ1n) is 6.07. The van der Waals surface area contributed by atoms with Crippen LogP contribution in [-0.2, 0) is 9.53 Å². The quantitative estimate of drug-likeness (QED) is 0.339. The van der Waals surface area contributed by atoms with E-state index < -0.39 is 18.0 Å². The van der Waals surface area contributed by atoms with Crippen LogP contribution in [0.25, 0.3) is 0 Å². The van der Waals surface area contributed by atoms with Crippen molar-refractivity contribution in [2.45, 2.75) is 18.9 Å². The van der Waals surface area contributed by atoms with E-state index in [1.807, 2.05) is 0 Å². The fourth-order valence-corrected chi connectivity index (χ4v) is 1.40. The van der Waals surface area contributed by atoms with Crippen molar-refractivity contribution < 1.29 is 19.4 Å². The molecule has 1 atom stereocenters. The Labute approximate surface area is 128 Å². The van der Waals surface area contributed by atoms with E-state index in [9.17, 15) is 14.7 Å². The number of nitrogens with two attached hydrogens (primary N) is 3. The van der Waals surface area contributed by atoms with Crippen molar-refractivity contribution in [2.75, 3.05) is 7.05 Å². The second kappa shape index (κ2) is 9.81. The molecule has 0 aromatic heterocycles. The van der Waals surface area contributed by atoms with Crippen LogP contribution >= 0.6 is 12.2 Å². The Bertz CT molecular complexity index is 508. The van der Waals surface area contributed by atoms with Gasteiger partial charge in [-0.2, -0.15) is 0 Å². The van der Waals surface area contributed by atoms with Crippen molar-refractivity contribution in [3.8, 4) is 5.75 Å². The third-order valence-corrected chi connectivity index (χ3v) is 2.53. The van der Waals surface area contributed by atoms with Gasteiger partial charge >= 0.3 is 11.9 Å². The molecule has 7 nitrogen and oxygen atoms in total. The van der Waals surface area contributed by atoms with Gasteiger partial charge < -0.3 is 27.0 Å². The molecular formula is C13H19N3O4S. The third-order valence-electron chi connectivity index (χ3n) is 2.32. The number of benzene rings is 1. The van der Waals surface area contributed by atoms with Crippen molar-refractivity contribution in [1.82, 2.24) is 0 Å². The lowest BCUT2D eigenvalue weighted by atomic mass is 10.1. The van der Waals surface area contributed by atoms with Gasteiger partial charge in [0.05, 0.1) is 4.99 Å². The standard InChI is InChI=1S/C12H14N2O4S.CH5N/c13-8(5-6-10(14)19)12(17)18-11(16)7-3-1-2-4-9(7)15;1-2/h1-4,8,15H,5-6,13H2,(H2,14,19);2H2,1H3. The summed E-state index contributed by atoms with van der Waals surface area (Å²) >= 11 is 4.65. The molecule has 0 fully saturated rings. The topological polar surface area (TPSA) is 142 Å². The maximum atomic E-state index is 11.6. The van der Waals surface area contributed by atoms with Crippen LogP contribution in [0.15, 0.2) is 24.3 Å². The molecule has 0 aliphatic carbocycles. The fourth-order valence-electron chi connectivity index (χ4n) is 1.28. The highest BCUT2D eigenvalue weighted by Gasteiger charge is 2.21. The SMILES string of the molecule is CN.NC(=S)CCC(N)C(=O)OC(=O)c1ccccc1O. The third kappa shape index (κ3) is 6.80. The summed E-state index contributed by atoms with van der Waals surface area (Å²) in [5, 5.41) is 9.43. The molecular weight excluding hydrogens is 294 g/mol. The van der Waals surface area contributed by atoms with E-state index >= 15 is 0 Å². The normalized spacial score (nSPS) is 10.8. The molecule has 1 rings (SSSR count). The van der Waals surface area contributed by atoms with Crippen molar-refractivity contribution in [3.05, 3.63) is 29.8 Å². The molecule has 0 saturated heterocycles. The highest BCUT2D eigenvalue weighted by Crippen LogP contribution is 2.16. The maximum absolute atomic E-state index is 11.6. The Hall–Kier alpha value is -2.03. The van der Waals surface area contributed by atoms with Crippen LogP contribution in [0.5, 0.6) is 5.75 Å². The molecule has 0 heterocycles. The summed E-state index contributed by atoms with van der Waals surface area (Å²) in [6.07, 6.45) is 0.485. The summed E-state index contributed by atoms with van der Waals surface area (Å²) in [5.41, 5.74) is 15.2. The maximum Gasteiger partial charge on any atom is 0.349 e. The smallest absolute Gasteiger partial charge is 0.349 e. The zero-order chi connectivity index (χ0) is 16.4. The molecule has 0 aliphatic rings. The number of ether oxygens (including phenoxy) is 1. The minimum Gasteiger partial charge on any atom is -0.507 e. The van der Waals surface area contributed by atoms with Gasteiger partial charge in [0, 0.05) is 0 Å². The van der Waals surface area contributed by atoms with Crippen molar-refractivity contribution in [2.24, 2.45) is 17.2 Å². The fraction of sp³-hybridized carbons (Fsp3) is 0.308. The first-order valence-corrected chi connectivity index (χ1v) is 6.48. The lowest BCUT2D eigenvalue weighted by Gasteiger charge is -2.10. The average molecular weight is 313 g/mol. The van der Waals surface area contributed by atoms with Crippen LogP contribution in [0, 0.1) is 0 Å². The molecule has 1 aromatic rings. The number of rotatable bonds is 5. The second-order valence-corrected chi connectivity index (χ2v) is 4.36. The number of para-hydroxylation sites is 1. The number of carbonyl (C=O) groups is 2. The van der Waals surface area contributed by atoms with E-state index in [0.717, 1.165) is 0 Å². The van der Waals surface area contributed by atoms with E-state index in [2.05, 4.69) is 22.7 Å². The number of aromatic hydroxyl groups is 1. The number of hydrogen-bond donors (Lipinski definition) is 4. The molecule has 7 N–H and O–H groups in total. The van der Waals surface area contributed by atoms with Crippen LogP contribution in [0.4, 0.5) is 0 Å². The Morgan fingerprint density at radius 1 is 1.33 bits per heavy atom. The molecule has 1 aromatic carbocycles. The predicted molar refractivity (Wildman–Crippen MR) is 82.6 cm³/mol. The van der Waals surface area contributed by atoms with Gasteiger partial charge in [0.1, 0.15) is 17.4 Å². The van der Waals surface area contributed by atoms with Gasteiger partial charge in [-0.15, -0.1) is 0 Å².